The van der Waals surface area contributed by atoms with Crippen molar-refractivity contribution in [3.63, 3.8) is 0 Å². The van der Waals surface area contributed by atoms with E-state index in [1.807, 2.05) is 5.32 Å². The Morgan fingerprint density at radius 2 is 1.38 bits per heavy atom. The van der Waals surface area contributed by atoms with Crippen molar-refractivity contribution in [1.82, 2.24) is 16.0 Å². The standard InChI is InChI=1S/C15H24N4O10/c1-6(12(25)19-9(5-20)15(28)29)17-14(27)8(2-3-10(21)22)18-13(26)7(16)4-11(23)24/h6-9,20H,2-5,16H2,1H3,(H,17,27)(H,18,26)(H,19,25)(H,21,22)(H,23,24)(H,28,29). The van der Waals surface area contributed by atoms with Crippen molar-refractivity contribution >= 4 is 35.6 Å². The molecule has 4 unspecified atom stereocenters. The first-order chi connectivity index (χ1) is 13.4. The third kappa shape index (κ3) is 10.0. The number of carbonyl (C=O) groups excluding carboxylic acids is 3. The van der Waals surface area contributed by atoms with Crippen LogP contribution in [-0.4, -0.2) is 86.8 Å². The lowest BCUT2D eigenvalue weighted by molar-refractivity contribution is -0.143. The van der Waals surface area contributed by atoms with E-state index in [-0.39, 0.29) is 6.42 Å². The Morgan fingerprint density at radius 1 is 0.828 bits per heavy atom. The van der Waals surface area contributed by atoms with E-state index in [0.29, 0.717) is 0 Å². The Bertz CT molecular complexity index is 653. The number of aliphatic hydroxyl groups is 1. The molecule has 3 amide bonds. The van der Waals surface area contributed by atoms with E-state index in [4.69, 9.17) is 26.2 Å². The summed E-state index contributed by atoms with van der Waals surface area (Å²) in [4.78, 5) is 68.3. The SMILES string of the molecule is CC(NC(=O)C(CCC(=O)O)NC(=O)C(N)CC(=O)O)C(=O)NC(CO)C(=O)O. The molecule has 0 aromatic carbocycles. The number of rotatable bonds is 13. The minimum atomic E-state index is -1.60. The molecule has 0 aromatic rings. The molecule has 0 radical (unpaired) electrons. The molecule has 0 aliphatic rings. The van der Waals surface area contributed by atoms with Crippen LogP contribution in [0.2, 0.25) is 0 Å². The molecule has 9 N–H and O–H groups in total. The van der Waals surface area contributed by atoms with Crippen LogP contribution < -0.4 is 21.7 Å². The van der Waals surface area contributed by atoms with Gasteiger partial charge in [-0.3, -0.25) is 24.0 Å². The molecule has 0 fully saturated rings. The van der Waals surface area contributed by atoms with Gasteiger partial charge in [-0.2, -0.15) is 0 Å². The Hall–Kier alpha value is -3.26. The quantitative estimate of drug-likeness (QED) is 0.143. The molecule has 0 aliphatic carbocycles. The summed E-state index contributed by atoms with van der Waals surface area (Å²) in [6.07, 6.45) is -1.64. The molecule has 0 rings (SSSR count). The van der Waals surface area contributed by atoms with Crippen LogP contribution in [0.15, 0.2) is 0 Å². The summed E-state index contributed by atoms with van der Waals surface area (Å²) in [7, 11) is 0. The van der Waals surface area contributed by atoms with E-state index in [1.54, 1.807) is 0 Å². The van der Waals surface area contributed by atoms with Crippen LogP contribution in [-0.2, 0) is 28.8 Å². The smallest absolute Gasteiger partial charge is 0.328 e. The number of hydrogen-bond acceptors (Lipinski definition) is 8. The van der Waals surface area contributed by atoms with Crippen LogP contribution in [0.3, 0.4) is 0 Å². The Kier molecular flexibility index (Phi) is 10.9. The number of amides is 3. The number of aliphatic carboxylic acids is 3. The van der Waals surface area contributed by atoms with Crippen molar-refractivity contribution < 1.29 is 49.2 Å². The number of carboxylic acids is 3. The van der Waals surface area contributed by atoms with Crippen LogP contribution in [0, 0.1) is 0 Å². The fourth-order valence-corrected chi connectivity index (χ4v) is 1.96. The van der Waals surface area contributed by atoms with Gasteiger partial charge in [0, 0.05) is 6.42 Å². The van der Waals surface area contributed by atoms with Gasteiger partial charge in [-0.25, -0.2) is 4.79 Å². The maximum Gasteiger partial charge on any atom is 0.328 e. The molecule has 14 nitrogen and oxygen atoms in total. The van der Waals surface area contributed by atoms with E-state index < -0.39 is 79.2 Å². The van der Waals surface area contributed by atoms with Gasteiger partial charge in [0.1, 0.15) is 18.1 Å². The zero-order valence-corrected chi connectivity index (χ0v) is 15.5. The predicted molar refractivity (Wildman–Crippen MR) is 93.3 cm³/mol. The molecule has 0 spiro atoms. The van der Waals surface area contributed by atoms with Crippen LogP contribution in [0.25, 0.3) is 0 Å². The third-order valence-corrected chi connectivity index (χ3v) is 3.56. The molecule has 0 saturated carbocycles. The van der Waals surface area contributed by atoms with Crippen molar-refractivity contribution in [2.24, 2.45) is 5.73 Å². The molecule has 164 valence electrons. The molecule has 0 heterocycles. The fraction of sp³-hybridized carbons (Fsp3) is 0.600. The van der Waals surface area contributed by atoms with E-state index in [0.717, 1.165) is 0 Å². The highest BCUT2D eigenvalue weighted by molar-refractivity contribution is 5.94. The van der Waals surface area contributed by atoms with Crippen molar-refractivity contribution in [2.75, 3.05) is 6.61 Å². The highest BCUT2D eigenvalue weighted by atomic mass is 16.4. The van der Waals surface area contributed by atoms with Gasteiger partial charge in [0.2, 0.25) is 17.7 Å². The van der Waals surface area contributed by atoms with Gasteiger partial charge >= 0.3 is 17.9 Å². The Balaban J connectivity index is 5.08. The molecule has 4 atom stereocenters. The van der Waals surface area contributed by atoms with Crippen molar-refractivity contribution in [3.8, 4) is 0 Å². The lowest BCUT2D eigenvalue weighted by Gasteiger charge is -2.22. The second-order valence-electron chi connectivity index (χ2n) is 6.01. The van der Waals surface area contributed by atoms with E-state index in [2.05, 4.69) is 10.6 Å². The number of carbonyl (C=O) groups is 6. The zero-order valence-electron chi connectivity index (χ0n) is 15.5. The predicted octanol–water partition coefficient (Wildman–Crippen LogP) is -3.80. The molecule has 14 heteroatoms. The number of hydrogen-bond donors (Lipinski definition) is 8. The Labute approximate surface area is 164 Å². The Morgan fingerprint density at radius 3 is 1.83 bits per heavy atom. The first-order valence-electron chi connectivity index (χ1n) is 8.33. The van der Waals surface area contributed by atoms with Crippen LogP contribution in [0.5, 0.6) is 0 Å². The van der Waals surface area contributed by atoms with E-state index in [1.165, 1.54) is 6.92 Å². The molecule has 0 aliphatic heterocycles. The van der Waals surface area contributed by atoms with Crippen molar-refractivity contribution in [3.05, 3.63) is 0 Å². The molecular formula is C15H24N4O10. The maximum absolute atomic E-state index is 12.3. The fourth-order valence-electron chi connectivity index (χ4n) is 1.96. The van der Waals surface area contributed by atoms with E-state index >= 15 is 0 Å². The summed E-state index contributed by atoms with van der Waals surface area (Å²) in [6, 6.07) is -5.83. The summed E-state index contributed by atoms with van der Waals surface area (Å²) in [6.45, 7) is 0.302. The molecule has 29 heavy (non-hydrogen) atoms. The molecular weight excluding hydrogens is 396 g/mol. The second-order valence-corrected chi connectivity index (χ2v) is 6.01. The number of carboxylic acid groups (broad SMARTS) is 3. The highest BCUT2D eigenvalue weighted by Gasteiger charge is 2.29. The van der Waals surface area contributed by atoms with E-state index in [9.17, 15) is 28.8 Å². The largest absolute Gasteiger partial charge is 0.481 e. The molecule has 0 saturated heterocycles. The summed E-state index contributed by atoms with van der Waals surface area (Å²) in [5, 5.41) is 41.4. The van der Waals surface area contributed by atoms with Crippen LogP contribution in [0.1, 0.15) is 26.2 Å². The van der Waals surface area contributed by atoms with Crippen molar-refractivity contribution in [2.45, 2.75) is 50.4 Å². The maximum atomic E-state index is 12.3. The van der Waals surface area contributed by atoms with Crippen LogP contribution in [0.4, 0.5) is 0 Å². The lowest BCUT2D eigenvalue weighted by atomic mass is 10.1. The minimum Gasteiger partial charge on any atom is -0.481 e. The summed E-state index contributed by atoms with van der Waals surface area (Å²) < 4.78 is 0. The zero-order chi connectivity index (χ0) is 22.7. The van der Waals surface area contributed by atoms with Gasteiger partial charge in [0.05, 0.1) is 19.1 Å². The van der Waals surface area contributed by atoms with Gasteiger partial charge in [0.15, 0.2) is 0 Å². The summed E-state index contributed by atoms with van der Waals surface area (Å²) >= 11 is 0. The van der Waals surface area contributed by atoms with Gasteiger partial charge in [-0.1, -0.05) is 0 Å². The molecule has 0 aromatic heterocycles. The minimum absolute atomic E-state index is 0.380. The van der Waals surface area contributed by atoms with Gasteiger partial charge in [0.25, 0.3) is 0 Å². The molecule has 0 bridgehead atoms. The normalized spacial score (nSPS) is 14.6. The van der Waals surface area contributed by atoms with Crippen molar-refractivity contribution in [1.29, 1.82) is 0 Å². The monoisotopic (exact) mass is 420 g/mol. The number of aliphatic hydroxyl groups excluding tert-OH is 1. The van der Waals surface area contributed by atoms with Gasteiger partial charge in [-0.05, 0) is 13.3 Å². The number of nitrogens with two attached hydrogens (primary N) is 1. The number of nitrogens with one attached hydrogen (secondary N) is 3. The van der Waals surface area contributed by atoms with Gasteiger partial charge < -0.3 is 42.1 Å². The van der Waals surface area contributed by atoms with Crippen LogP contribution >= 0.6 is 0 Å². The summed E-state index contributed by atoms with van der Waals surface area (Å²) in [5.74, 6) is -7.07. The van der Waals surface area contributed by atoms with Gasteiger partial charge in [-0.15, -0.1) is 0 Å². The second kappa shape index (κ2) is 12.2. The average Bonchev–Trinajstić information content (AvgIpc) is 2.61. The lowest BCUT2D eigenvalue weighted by Crippen LogP contribution is -2.56. The topological polar surface area (TPSA) is 245 Å². The highest BCUT2D eigenvalue weighted by Crippen LogP contribution is 2.01. The average molecular weight is 420 g/mol. The third-order valence-electron chi connectivity index (χ3n) is 3.56. The summed E-state index contributed by atoms with van der Waals surface area (Å²) in [5.41, 5.74) is 5.39. The first-order valence-corrected chi connectivity index (χ1v) is 8.33. The first kappa shape index (κ1) is 25.7.